The number of piperidine rings is 1. The SMILES string of the molecule is Nc1ncc(-c2cnn(C3CCNCC3)c2)cc1OCc1c(Cl)cccc1Cl. The summed E-state index contributed by atoms with van der Waals surface area (Å²) in [5.74, 6) is 0.806. The van der Waals surface area contributed by atoms with E-state index in [9.17, 15) is 0 Å². The molecule has 0 saturated carbocycles. The summed E-state index contributed by atoms with van der Waals surface area (Å²) in [5, 5.41) is 9.02. The van der Waals surface area contributed by atoms with Gasteiger partial charge < -0.3 is 15.8 Å². The molecule has 0 radical (unpaired) electrons. The molecule has 1 fully saturated rings. The number of rotatable bonds is 5. The van der Waals surface area contributed by atoms with Gasteiger partial charge in [-0.15, -0.1) is 0 Å². The molecule has 4 rings (SSSR count). The molecule has 28 heavy (non-hydrogen) atoms. The molecule has 0 spiro atoms. The molecule has 1 aliphatic rings. The molecule has 0 unspecified atom stereocenters. The maximum Gasteiger partial charge on any atom is 0.166 e. The average molecular weight is 418 g/mol. The summed E-state index contributed by atoms with van der Waals surface area (Å²) in [6.45, 7) is 2.25. The zero-order valence-electron chi connectivity index (χ0n) is 15.2. The molecule has 1 saturated heterocycles. The van der Waals surface area contributed by atoms with Crippen molar-refractivity contribution >= 4 is 29.0 Å². The second-order valence-corrected chi connectivity index (χ2v) is 7.60. The summed E-state index contributed by atoms with van der Waals surface area (Å²) >= 11 is 12.4. The second-order valence-electron chi connectivity index (χ2n) is 6.79. The van der Waals surface area contributed by atoms with Crippen LogP contribution in [0.3, 0.4) is 0 Å². The number of anilines is 1. The number of hydrogen-bond donors (Lipinski definition) is 2. The van der Waals surface area contributed by atoms with E-state index < -0.39 is 0 Å². The largest absolute Gasteiger partial charge is 0.485 e. The highest BCUT2D eigenvalue weighted by atomic mass is 35.5. The topological polar surface area (TPSA) is 78.0 Å². The van der Waals surface area contributed by atoms with Gasteiger partial charge in [-0.3, -0.25) is 4.68 Å². The number of ether oxygens (including phenoxy) is 1. The summed E-state index contributed by atoms with van der Waals surface area (Å²) in [4.78, 5) is 4.27. The van der Waals surface area contributed by atoms with Crippen LogP contribution in [0.1, 0.15) is 24.4 Å². The molecule has 8 heteroatoms. The fourth-order valence-electron chi connectivity index (χ4n) is 3.31. The lowest BCUT2D eigenvalue weighted by Gasteiger charge is -2.22. The van der Waals surface area contributed by atoms with Crippen LogP contribution in [0.4, 0.5) is 5.82 Å². The Balaban J connectivity index is 1.53. The molecule has 0 aliphatic carbocycles. The molecule has 146 valence electrons. The van der Waals surface area contributed by atoms with E-state index in [4.69, 9.17) is 33.7 Å². The highest BCUT2D eigenvalue weighted by Crippen LogP contribution is 2.31. The Kier molecular flexibility index (Phi) is 5.71. The van der Waals surface area contributed by atoms with Gasteiger partial charge in [0.1, 0.15) is 6.61 Å². The van der Waals surface area contributed by atoms with Crippen molar-refractivity contribution in [1.29, 1.82) is 0 Å². The van der Waals surface area contributed by atoms with Gasteiger partial charge >= 0.3 is 0 Å². The van der Waals surface area contributed by atoms with Crippen LogP contribution in [-0.4, -0.2) is 27.9 Å². The van der Waals surface area contributed by atoms with E-state index in [1.54, 1.807) is 24.4 Å². The molecule has 3 aromatic rings. The first-order valence-corrected chi connectivity index (χ1v) is 9.94. The van der Waals surface area contributed by atoms with E-state index in [0.717, 1.165) is 42.6 Å². The standard InChI is InChI=1S/C20H21Cl2N5O/c21-17-2-1-3-18(22)16(17)12-28-19-8-13(9-25-20(19)23)14-10-26-27(11-14)15-4-6-24-7-5-15/h1-3,8-11,15,24H,4-7,12H2,(H2,23,25). The number of benzene rings is 1. The molecule has 3 heterocycles. The van der Waals surface area contributed by atoms with Crippen molar-refractivity contribution in [2.45, 2.75) is 25.5 Å². The predicted octanol–water partition coefficient (Wildman–Crippen LogP) is 4.34. The van der Waals surface area contributed by atoms with Crippen molar-refractivity contribution in [2.75, 3.05) is 18.8 Å². The van der Waals surface area contributed by atoms with Crippen LogP contribution < -0.4 is 15.8 Å². The fraction of sp³-hybridized carbons (Fsp3) is 0.300. The molecular formula is C20H21Cl2N5O. The average Bonchev–Trinajstić information content (AvgIpc) is 3.20. The summed E-state index contributed by atoms with van der Waals surface area (Å²) in [5.41, 5.74) is 8.59. The van der Waals surface area contributed by atoms with Gasteiger partial charge in [0.25, 0.3) is 0 Å². The zero-order valence-corrected chi connectivity index (χ0v) is 16.7. The van der Waals surface area contributed by atoms with Crippen molar-refractivity contribution in [3.63, 3.8) is 0 Å². The smallest absolute Gasteiger partial charge is 0.166 e. The third-order valence-corrected chi connectivity index (χ3v) is 5.64. The maximum atomic E-state index is 6.21. The van der Waals surface area contributed by atoms with Gasteiger partial charge in [-0.1, -0.05) is 29.3 Å². The molecule has 1 aromatic carbocycles. The van der Waals surface area contributed by atoms with Crippen LogP contribution in [-0.2, 0) is 6.61 Å². The summed E-state index contributed by atoms with van der Waals surface area (Å²) in [6.07, 6.45) is 7.79. The molecule has 3 N–H and O–H groups in total. The Hall–Kier alpha value is -2.28. The number of nitrogen functional groups attached to an aromatic ring is 1. The van der Waals surface area contributed by atoms with E-state index in [0.29, 0.717) is 27.7 Å². The van der Waals surface area contributed by atoms with Gasteiger partial charge in [0.15, 0.2) is 11.6 Å². The van der Waals surface area contributed by atoms with Gasteiger partial charge in [0.05, 0.1) is 12.2 Å². The molecule has 0 amide bonds. The molecule has 1 aliphatic heterocycles. The Morgan fingerprint density at radius 2 is 1.89 bits per heavy atom. The number of hydrogen-bond acceptors (Lipinski definition) is 5. The van der Waals surface area contributed by atoms with Gasteiger partial charge in [-0.25, -0.2) is 4.98 Å². The van der Waals surface area contributed by atoms with Crippen molar-refractivity contribution < 1.29 is 4.74 Å². The summed E-state index contributed by atoms with van der Waals surface area (Å²) in [6, 6.07) is 7.65. The minimum Gasteiger partial charge on any atom is -0.485 e. The zero-order chi connectivity index (χ0) is 19.5. The Labute approximate surface area is 173 Å². The quantitative estimate of drug-likeness (QED) is 0.645. The van der Waals surface area contributed by atoms with Crippen LogP contribution in [0.15, 0.2) is 42.9 Å². The molecule has 0 bridgehead atoms. The molecule has 0 atom stereocenters. The summed E-state index contributed by atoms with van der Waals surface area (Å²) < 4.78 is 7.92. The van der Waals surface area contributed by atoms with Crippen LogP contribution in [0.5, 0.6) is 5.75 Å². The number of pyridine rings is 1. The van der Waals surface area contributed by atoms with Crippen LogP contribution >= 0.6 is 23.2 Å². The number of aromatic nitrogens is 3. The summed E-state index contributed by atoms with van der Waals surface area (Å²) in [7, 11) is 0. The third-order valence-electron chi connectivity index (χ3n) is 4.93. The van der Waals surface area contributed by atoms with E-state index >= 15 is 0 Å². The van der Waals surface area contributed by atoms with Crippen molar-refractivity contribution in [3.8, 4) is 16.9 Å². The molecular weight excluding hydrogens is 397 g/mol. The van der Waals surface area contributed by atoms with Crippen LogP contribution in [0, 0.1) is 0 Å². The first-order valence-electron chi connectivity index (χ1n) is 9.18. The van der Waals surface area contributed by atoms with Gasteiger partial charge in [-0.05, 0) is 44.1 Å². The molecule has 2 aromatic heterocycles. The first-order chi connectivity index (χ1) is 13.6. The number of nitrogens with zero attached hydrogens (tertiary/aromatic N) is 3. The lowest BCUT2D eigenvalue weighted by Crippen LogP contribution is -2.29. The monoisotopic (exact) mass is 417 g/mol. The van der Waals surface area contributed by atoms with Crippen LogP contribution in [0.25, 0.3) is 11.1 Å². The van der Waals surface area contributed by atoms with Gasteiger partial charge in [-0.2, -0.15) is 5.10 Å². The number of nitrogens with two attached hydrogens (primary N) is 1. The third kappa shape index (κ3) is 4.09. The van der Waals surface area contributed by atoms with Gasteiger partial charge in [0.2, 0.25) is 0 Å². The maximum absolute atomic E-state index is 6.21. The number of halogens is 2. The van der Waals surface area contributed by atoms with E-state index in [-0.39, 0.29) is 6.61 Å². The predicted molar refractivity (Wildman–Crippen MR) is 112 cm³/mol. The van der Waals surface area contributed by atoms with Crippen molar-refractivity contribution in [3.05, 3.63) is 58.5 Å². The highest BCUT2D eigenvalue weighted by molar-refractivity contribution is 6.35. The molecule has 6 nitrogen and oxygen atoms in total. The minimum atomic E-state index is 0.210. The van der Waals surface area contributed by atoms with Crippen molar-refractivity contribution in [2.24, 2.45) is 0 Å². The van der Waals surface area contributed by atoms with E-state index in [1.165, 1.54) is 0 Å². The van der Waals surface area contributed by atoms with Gasteiger partial charge in [0, 0.05) is 39.1 Å². The second kappa shape index (κ2) is 8.39. The Morgan fingerprint density at radius 1 is 1.14 bits per heavy atom. The Bertz CT molecular complexity index is 949. The minimum absolute atomic E-state index is 0.210. The van der Waals surface area contributed by atoms with E-state index in [1.807, 2.05) is 16.9 Å². The fourth-order valence-corrected chi connectivity index (χ4v) is 3.81. The van der Waals surface area contributed by atoms with Crippen LogP contribution in [0.2, 0.25) is 10.0 Å². The van der Waals surface area contributed by atoms with Crippen molar-refractivity contribution in [1.82, 2.24) is 20.1 Å². The van der Waals surface area contributed by atoms with E-state index in [2.05, 4.69) is 21.6 Å². The first kappa shape index (κ1) is 19.1. The highest BCUT2D eigenvalue weighted by Gasteiger charge is 2.17. The number of nitrogens with one attached hydrogen (secondary N) is 1. The lowest BCUT2D eigenvalue weighted by atomic mass is 10.1. The Morgan fingerprint density at radius 3 is 2.64 bits per heavy atom. The normalized spacial score (nSPS) is 14.9. The lowest BCUT2D eigenvalue weighted by molar-refractivity contribution is 0.307.